The largest absolute Gasteiger partial charge is 0.396 e. The summed E-state index contributed by atoms with van der Waals surface area (Å²) in [5.41, 5.74) is -2.29. The molecule has 0 saturated heterocycles. The third kappa shape index (κ3) is 5.65. The molecule has 0 aromatic heterocycles. The lowest BCUT2D eigenvalue weighted by Gasteiger charge is -2.12. The van der Waals surface area contributed by atoms with Gasteiger partial charge in [0.25, 0.3) is 0 Å². The maximum absolute atomic E-state index is 8.37. The number of aliphatic hydroxyl groups excluding tert-OH is 1. The van der Waals surface area contributed by atoms with Gasteiger partial charge in [-0.2, -0.15) is 0 Å². The first-order valence-electron chi connectivity index (χ1n) is 2.76. The van der Waals surface area contributed by atoms with Crippen LogP contribution in [0, 0.1) is 0 Å². The Balaban J connectivity index is 3.38. The van der Waals surface area contributed by atoms with E-state index in [9.17, 15) is 0 Å². The molecule has 0 aliphatic heterocycles. The standard InChI is InChI=1S/C4H11O3PS2/c1-6-8(9,10)7-4-2-3-5/h5H,2-4H2,1H3,(H,9,10). The first kappa shape index (κ1) is 10.9. The molecule has 0 saturated carbocycles. The highest BCUT2D eigenvalue weighted by molar-refractivity contribution is 8.60. The van der Waals surface area contributed by atoms with Crippen LogP contribution in [-0.4, -0.2) is 25.4 Å². The van der Waals surface area contributed by atoms with E-state index in [1.165, 1.54) is 7.11 Å². The molecule has 0 aromatic carbocycles. The number of hydrogen-bond donors (Lipinski definition) is 2. The van der Waals surface area contributed by atoms with Crippen molar-refractivity contribution >= 4 is 29.7 Å². The topological polar surface area (TPSA) is 38.7 Å². The van der Waals surface area contributed by atoms with Crippen LogP contribution in [0.2, 0.25) is 0 Å². The highest BCUT2D eigenvalue weighted by atomic mass is 32.9. The van der Waals surface area contributed by atoms with Crippen molar-refractivity contribution < 1.29 is 14.2 Å². The second kappa shape index (κ2) is 5.52. The van der Waals surface area contributed by atoms with Crippen molar-refractivity contribution in [3.8, 4) is 0 Å². The Morgan fingerprint density at radius 3 is 2.70 bits per heavy atom. The molecule has 1 unspecified atom stereocenters. The Kier molecular flexibility index (Phi) is 6.01. The molecule has 0 aliphatic rings. The van der Waals surface area contributed by atoms with Crippen LogP contribution in [0.3, 0.4) is 0 Å². The number of thiol groups is 1. The van der Waals surface area contributed by atoms with Gasteiger partial charge in [0.15, 0.2) is 0 Å². The fraction of sp³-hybridized carbons (Fsp3) is 1.00. The Morgan fingerprint density at radius 2 is 2.30 bits per heavy atom. The summed E-state index contributed by atoms with van der Waals surface area (Å²) < 4.78 is 9.80. The Hall–Kier alpha value is 0.880. The monoisotopic (exact) mass is 202 g/mol. The van der Waals surface area contributed by atoms with Gasteiger partial charge in [-0.1, -0.05) is 12.2 Å². The zero-order valence-corrected chi connectivity index (χ0v) is 8.29. The van der Waals surface area contributed by atoms with Gasteiger partial charge in [-0.15, -0.1) is 0 Å². The molecule has 6 heteroatoms. The SMILES string of the molecule is COP(=S)(S)OCCCO. The van der Waals surface area contributed by atoms with Crippen molar-refractivity contribution in [3.63, 3.8) is 0 Å². The van der Waals surface area contributed by atoms with Crippen molar-refractivity contribution in [2.75, 3.05) is 20.3 Å². The second-order valence-electron chi connectivity index (χ2n) is 1.56. The minimum atomic E-state index is -2.29. The van der Waals surface area contributed by atoms with Crippen LogP contribution >= 0.6 is 17.9 Å². The maximum atomic E-state index is 8.37. The van der Waals surface area contributed by atoms with Crippen LogP contribution < -0.4 is 0 Å². The van der Waals surface area contributed by atoms with E-state index in [-0.39, 0.29) is 6.61 Å². The number of hydrogen-bond acceptors (Lipinski definition) is 4. The van der Waals surface area contributed by atoms with Crippen molar-refractivity contribution in [1.82, 2.24) is 0 Å². The summed E-state index contributed by atoms with van der Waals surface area (Å²) in [6, 6.07) is 0. The molecule has 0 spiro atoms. The molecule has 0 heterocycles. The van der Waals surface area contributed by atoms with Gasteiger partial charge in [0.2, 0.25) is 5.69 Å². The van der Waals surface area contributed by atoms with E-state index in [0.29, 0.717) is 13.0 Å². The predicted octanol–water partition coefficient (Wildman–Crippen LogP) is 1.19. The molecule has 0 aromatic rings. The quantitative estimate of drug-likeness (QED) is 0.399. The van der Waals surface area contributed by atoms with Gasteiger partial charge in [0.1, 0.15) is 0 Å². The van der Waals surface area contributed by atoms with Crippen molar-refractivity contribution in [2.24, 2.45) is 0 Å². The molecule has 0 fully saturated rings. The van der Waals surface area contributed by atoms with E-state index in [4.69, 9.17) is 26.0 Å². The maximum Gasteiger partial charge on any atom is 0.244 e. The van der Waals surface area contributed by atoms with Gasteiger partial charge in [-0.05, 0) is 18.2 Å². The lowest BCUT2D eigenvalue weighted by molar-refractivity contribution is 0.230. The van der Waals surface area contributed by atoms with E-state index in [2.05, 4.69) is 12.2 Å². The zero-order chi connectivity index (χ0) is 8.04. The molecule has 10 heavy (non-hydrogen) atoms. The average Bonchev–Trinajstić information content (AvgIpc) is 1.89. The molecular formula is C4H11O3PS2. The summed E-state index contributed by atoms with van der Waals surface area (Å²) >= 11 is 8.77. The van der Waals surface area contributed by atoms with Crippen LogP contribution in [0.4, 0.5) is 0 Å². The molecule has 1 atom stereocenters. The fourth-order valence-electron chi connectivity index (χ4n) is 0.297. The molecule has 1 N–H and O–H groups in total. The summed E-state index contributed by atoms with van der Waals surface area (Å²) in [6.45, 7) is 0.512. The minimum absolute atomic E-state index is 0.104. The van der Waals surface area contributed by atoms with Crippen LogP contribution in [-0.2, 0) is 20.9 Å². The van der Waals surface area contributed by atoms with Crippen molar-refractivity contribution in [3.05, 3.63) is 0 Å². The van der Waals surface area contributed by atoms with E-state index < -0.39 is 5.69 Å². The van der Waals surface area contributed by atoms with Crippen LogP contribution in [0.5, 0.6) is 0 Å². The molecule has 0 aliphatic carbocycles. The number of aliphatic hydroxyl groups is 1. The lowest BCUT2D eigenvalue weighted by Crippen LogP contribution is -1.93. The van der Waals surface area contributed by atoms with Gasteiger partial charge in [-0.25, -0.2) is 0 Å². The van der Waals surface area contributed by atoms with Gasteiger partial charge in [-0.3, -0.25) is 0 Å². The van der Waals surface area contributed by atoms with E-state index in [1.54, 1.807) is 0 Å². The Bertz CT molecular complexity index is 130. The zero-order valence-electron chi connectivity index (χ0n) is 5.69. The van der Waals surface area contributed by atoms with Gasteiger partial charge >= 0.3 is 0 Å². The Labute approximate surface area is 71.1 Å². The molecule has 0 rings (SSSR count). The molecule has 0 amide bonds. The minimum Gasteiger partial charge on any atom is -0.396 e. The van der Waals surface area contributed by atoms with Gasteiger partial charge in [0.05, 0.1) is 6.61 Å². The smallest absolute Gasteiger partial charge is 0.244 e. The summed E-state index contributed by atoms with van der Waals surface area (Å²) in [5.74, 6) is 0. The van der Waals surface area contributed by atoms with Crippen LogP contribution in [0.25, 0.3) is 0 Å². The first-order chi connectivity index (χ1) is 4.62. The number of rotatable bonds is 5. The summed E-state index contributed by atoms with van der Waals surface area (Å²) in [7, 11) is 1.47. The highest BCUT2D eigenvalue weighted by Crippen LogP contribution is 2.52. The lowest BCUT2D eigenvalue weighted by atomic mass is 10.5. The second-order valence-corrected chi connectivity index (χ2v) is 6.96. The Morgan fingerprint density at radius 1 is 1.70 bits per heavy atom. The third-order valence-electron chi connectivity index (χ3n) is 0.788. The van der Waals surface area contributed by atoms with Crippen molar-refractivity contribution in [1.29, 1.82) is 0 Å². The normalized spacial score (nSPS) is 16.7. The van der Waals surface area contributed by atoms with Crippen molar-refractivity contribution in [2.45, 2.75) is 6.42 Å². The molecule has 0 bridgehead atoms. The summed E-state index contributed by atoms with van der Waals surface area (Å²) in [5, 5.41) is 8.37. The van der Waals surface area contributed by atoms with Crippen LogP contribution in [0.1, 0.15) is 6.42 Å². The third-order valence-corrected chi connectivity index (χ3v) is 3.36. The van der Waals surface area contributed by atoms with Crippen LogP contribution in [0.15, 0.2) is 0 Å². The van der Waals surface area contributed by atoms with Gasteiger partial charge < -0.3 is 14.2 Å². The fourth-order valence-corrected chi connectivity index (χ4v) is 1.23. The molecule has 62 valence electrons. The summed E-state index contributed by atoms with van der Waals surface area (Å²) in [4.78, 5) is 0. The van der Waals surface area contributed by atoms with E-state index >= 15 is 0 Å². The molecule has 3 nitrogen and oxygen atoms in total. The van der Waals surface area contributed by atoms with E-state index in [0.717, 1.165) is 0 Å². The molecular weight excluding hydrogens is 191 g/mol. The average molecular weight is 202 g/mol. The first-order valence-corrected chi connectivity index (χ1v) is 6.55. The highest BCUT2D eigenvalue weighted by Gasteiger charge is 2.08. The van der Waals surface area contributed by atoms with E-state index in [1.807, 2.05) is 0 Å². The van der Waals surface area contributed by atoms with Gasteiger partial charge in [0, 0.05) is 13.7 Å². The molecule has 0 radical (unpaired) electrons. The summed E-state index contributed by atoms with van der Waals surface area (Å²) in [6.07, 6.45) is 0.572. The predicted molar refractivity (Wildman–Crippen MR) is 47.9 cm³/mol.